The molecule has 2 atom stereocenters. The summed E-state index contributed by atoms with van der Waals surface area (Å²) in [4.78, 5) is 0. The molecular formula is C18H22ClF2NO2. The first-order valence-electron chi connectivity index (χ1n) is 7.65. The summed E-state index contributed by atoms with van der Waals surface area (Å²) in [5.41, 5.74) is 0.320. The zero-order valence-electron chi connectivity index (χ0n) is 13.6. The molecule has 0 aromatic heterocycles. The molecule has 0 radical (unpaired) electrons. The number of benzene rings is 2. The number of hydrogen-bond acceptors (Lipinski definition) is 3. The Hall–Kier alpha value is -1.69. The van der Waals surface area contributed by atoms with Crippen LogP contribution in [0.2, 0.25) is 0 Å². The number of nitrogens with one attached hydrogen (secondary N) is 1. The molecule has 0 heterocycles. The topological polar surface area (TPSA) is 41.5 Å². The van der Waals surface area contributed by atoms with Gasteiger partial charge in [0, 0.05) is 18.2 Å². The fraction of sp³-hybridized carbons (Fsp3) is 0.333. The SMILES string of the molecule is CCC(NCC(C)O)c1ccc(F)c(Oc2ccccc2)c1F.Cl. The van der Waals surface area contributed by atoms with Crippen LogP contribution in [0.4, 0.5) is 8.78 Å². The van der Waals surface area contributed by atoms with Crippen molar-refractivity contribution < 1.29 is 18.6 Å². The molecule has 0 fully saturated rings. The van der Waals surface area contributed by atoms with Gasteiger partial charge < -0.3 is 15.2 Å². The Kier molecular flexibility index (Phi) is 8.11. The highest BCUT2D eigenvalue weighted by molar-refractivity contribution is 5.85. The van der Waals surface area contributed by atoms with E-state index in [0.717, 1.165) is 0 Å². The van der Waals surface area contributed by atoms with E-state index in [0.29, 0.717) is 24.3 Å². The Morgan fingerprint density at radius 1 is 1.12 bits per heavy atom. The molecular weight excluding hydrogens is 336 g/mol. The van der Waals surface area contributed by atoms with E-state index in [2.05, 4.69) is 5.32 Å². The van der Waals surface area contributed by atoms with Gasteiger partial charge in [0.05, 0.1) is 6.10 Å². The summed E-state index contributed by atoms with van der Waals surface area (Å²) in [5.74, 6) is -1.52. The van der Waals surface area contributed by atoms with Gasteiger partial charge in [-0.15, -0.1) is 12.4 Å². The average Bonchev–Trinajstić information content (AvgIpc) is 2.54. The molecule has 0 bridgehead atoms. The lowest BCUT2D eigenvalue weighted by Gasteiger charge is -2.20. The number of halogens is 3. The van der Waals surface area contributed by atoms with E-state index >= 15 is 0 Å². The normalized spacial score (nSPS) is 13.0. The highest BCUT2D eigenvalue weighted by Gasteiger charge is 2.21. The lowest BCUT2D eigenvalue weighted by Crippen LogP contribution is -2.29. The Morgan fingerprint density at radius 3 is 2.38 bits per heavy atom. The van der Waals surface area contributed by atoms with Crippen molar-refractivity contribution in [1.82, 2.24) is 5.32 Å². The smallest absolute Gasteiger partial charge is 0.198 e. The second-order valence-corrected chi connectivity index (χ2v) is 5.41. The molecule has 2 rings (SSSR count). The molecule has 2 N–H and O–H groups in total. The van der Waals surface area contributed by atoms with Crippen LogP contribution >= 0.6 is 12.4 Å². The second kappa shape index (κ2) is 9.57. The zero-order chi connectivity index (χ0) is 16.8. The molecule has 2 aromatic rings. The average molecular weight is 358 g/mol. The number of aliphatic hydroxyl groups is 1. The lowest BCUT2D eigenvalue weighted by atomic mass is 10.0. The van der Waals surface area contributed by atoms with Gasteiger partial charge in [-0.2, -0.15) is 0 Å². The van der Waals surface area contributed by atoms with Gasteiger partial charge >= 0.3 is 0 Å². The minimum Gasteiger partial charge on any atom is -0.451 e. The lowest BCUT2D eigenvalue weighted by molar-refractivity contribution is 0.185. The molecule has 0 saturated heterocycles. The molecule has 0 amide bonds. The van der Waals surface area contributed by atoms with Crippen molar-refractivity contribution >= 4 is 12.4 Å². The van der Waals surface area contributed by atoms with Crippen LogP contribution in [-0.4, -0.2) is 17.8 Å². The van der Waals surface area contributed by atoms with Crippen molar-refractivity contribution in [1.29, 1.82) is 0 Å². The van der Waals surface area contributed by atoms with Crippen molar-refractivity contribution in [3.05, 3.63) is 59.7 Å². The maximum atomic E-state index is 14.7. The predicted octanol–water partition coefficient (Wildman–Crippen LogP) is 4.60. The minimum absolute atomic E-state index is 0. The van der Waals surface area contributed by atoms with Crippen LogP contribution < -0.4 is 10.1 Å². The van der Waals surface area contributed by atoms with Gasteiger partial charge in [-0.25, -0.2) is 8.78 Å². The van der Waals surface area contributed by atoms with Crippen LogP contribution in [0.5, 0.6) is 11.5 Å². The minimum atomic E-state index is -0.750. The third kappa shape index (κ3) is 5.16. The number of rotatable bonds is 7. The van der Waals surface area contributed by atoms with Crippen LogP contribution in [0.1, 0.15) is 31.9 Å². The maximum Gasteiger partial charge on any atom is 0.198 e. The number of ether oxygens (including phenoxy) is 1. The first-order chi connectivity index (χ1) is 11.0. The fourth-order valence-electron chi connectivity index (χ4n) is 2.30. The Bertz CT molecular complexity index is 638. The van der Waals surface area contributed by atoms with Crippen LogP contribution in [-0.2, 0) is 0 Å². The summed E-state index contributed by atoms with van der Waals surface area (Å²) in [5, 5.41) is 12.4. The summed E-state index contributed by atoms with van der Waals surface area (Å²) < 4.78 is 34.1. The first-order valence-corrected chi connectivity index (χ1v) is 7.65. The molecule has 0 spiro atoms. The largest absolute Gasteiger partial charge is 0.451 e. The predicted molar refractivity (Wildman–Crippen MR) is 92.8 cm³/mol. The van der Waals surface area contributed by atoms with Crippen molar-refractivity contribution in [3.63, 3.8) is 0 Å². The van der Waals surface area contributed by atoms with Crippen molar-refractivity contribution in [2.24, 2.45) is 0 Å². The standard InChI is InChI=1S/C18H21F2NO2.ClH/c1-3-16(21-11-12(2)22)14-9-10-15(19)18(17(14)20)23-13-7-5-4-6-8-13;/h4-10,12,16,21-22H,3,11H2,1-2H3;1H. The van der Waals surface area contributed by atoms with Gasteiger partial charge in [0.2, 0.25) is 0 Å². The van der Waals surface area contributed by atoms with Crippen molar-refractivity contribution in [2.75, 3.05) is 6.54 Å². The van der Waals surface area contributed by atoms with E-state index in [1.807, 2.05) is 6.92 Å². The molecule has 2 unspecified atom stereocenters. The number of para-hydroxylation sites is 1. The highest BCUT2D eigenvalue weighted by Crippen LogP contribution is 2.32. The van der Waals surface area contributed by atoms with Crippen LogP contribution in [0.25, 0.3) is 0 Å². The van der Waals surface area contributed by atoms with E-state index in [-0.39, 0.29) is 18.4 Å². The summed E-state index contributed by atoms with van der Waals surface area (Å²) in [6, 6.07) is 10.8. The second-order valence-electron chi connectivity index (χ2n) is 5.41. The molecule has 0 aliphatic carbocycles. The van der Waals surface area contributed by atoms with Gasteiger partial charge in [0.15, 0.2) is 17.4 Å². The molecule has 0 aliphatic rings. The van der Waals surface area contributed by atoms with E-state index in [9.17, 15) is 13.9 Å². The monoisotopic (exact) mass is 357 g/mol. The summed E-state index contributed by atoms with van der Waals surface area (Å²) in [6.07, 6.45) is 0.0488. The molecule has 2 aromatic carbocycles. The van der Waals surface area contributed by atoms with Gasteiger partial charge in [-0.1, -0.05) is 31.2 Å². The van der Waals surface area contributed by atoms with Crippen LogP contribution in [0, 0.1) is 11.6 Å². The number of aliphatic hydroxyl groups excluding tert-OH is 1. The zero-order valence-corrected chi connectivity index (χ0v) is 14.4. The summed E-state index contributed by atoms with van der Waals surface area (Å²) >= 11 is 0. The summed E-state index contributed by atoms with van der Waals surface area (Å²) in [7, 11) is 0. The molecule has 24 heavy (non-hydrogen) atoms. The van der Waals surface area contributed by atoms with Gasteiger partial charge in [-0.3, -0.25) is 0 Å². The third-order valence-corrected chi connectivity index (χ3v) is 3.49. The summed E-state index contributed by atoms with van der Waals surface area (Å²) in [6.45, 7) is 3.86. The van der Waals surface area contributed by atoms with Crippen LogP contribution in [0.15, 0.2) is 42.5 Å². The number of hydrogen-bond donors (Lipinski definition) is 2. The van der Waals surface area contributed by atoms with Gasteiger partial charge in [0.25, 0.3) is 0 Å². The molecule has 0 aliphatic heterocycles. The van der Waals surface area contributed by atoms with Gasteiger partial charge in [-0.05, 0) is 31.5 Å². The van der Waals surface area contributed by atoms with Gasteiger partial charge in [0.1, 0.15) is 5.75 Å². The van der Waals surface area contributed by atoms with E-state index in [1.54, 1.807) is 37.3 Å². The Labute approximate surface area is 147 Å². The fourth-order valence-corrected chi connectivity index (χ4v) is 2.30. The third-order valence-electron chi connectivity index (χ3n) is 3.49. The maximum absolute atomic E-state index is 14.7. The van der Waals surface area contributed by atoms with Crippen LogP contribution in [0.3, 0.4) is 0 Å². The molecule has 132 valence electrons. The van der Waals surface area contributed by atoms with Crippen molar-refractivity contribution in [2.45, 2.75) is 32.4 Å². The van der Waals surface area contributed by atoms with E-state index in [4.69, 9.17) is 4.74 Å². The van der Waals surface area contributed by atoms with Crippen molar-refractivity contribution in [3.8, 4) is 11.5 Å². The van der Waals surface area contributed by atoms with E-state index < -0.39 is 23.5 Å². The quantitative estimate of drug-likeness (QED) is 0.761. The molecule has 6 heteroatoms. The van der Waals surface area contributed by atoms with E-state index in [1.165, 1.54) is 12.1 Å². The molecule has 0 saturated carbocycles. The highest BCUT2D eigenvalue weighted by atomic mass is 35.5. The molecule has 3 nitrogen and oxygen atoms in total. The Morgan fingerprint density at radius 2 is 1.79 bits per heavy atom. The first kappa shape index (κ1) is 20.4. The Balaban J connectivity index is 0.00000288.